The molecule has 3 heterocycles. The molecule has 0 aliphatic carbocycles. The number of nitrogens with one attached hydrogen (secondary N) is 1. The van der Waals surface area contributed by atoms with Crippen LogP contribution in [0.25, 0.3) is 10.2 Å². The van der Waals surface area contributed by atoms with Crippen LogP contribution in [0.4, 0.5) is 5.13 Å². The topological polar surface area (TPSA) is 77.6 Å². The van der Waals surface area contributed by atoms with E-state index in [0.29, 0.717) is 11.6 Å². The van der Waals surface area contributed by atoms with Crippen LogP contribution in [0.1, 0.15) is 22.6 Å². The number of aromatic nitrogens is 5. The first-order valence-electron chi connectivity index (χ1n) is 11.4. The maximum absolute atomic E-state index is 12.7. The van der Waals surface area contributed by atoms with Gasteiger partial charge in [-0.2, -0.15) is 0 Å². The normalized spacial score (nSPS) is 11.3. The van der Waals surface area contributed by atoms with Crippen LogP contribution in [0.15, 0.2) is 72.0 Å². The third-order valence-electron chi connectivity index (χ3n) is 5.77. The zero-order chi connectivity index (χ0) is 24.2. The zero-order valence-corrected chi connectivity index (χ0v) is 21.3. The fraction of sp³-hybridized carbons (Fsp3) is 0.231. The number of thiazole rings is 1. The molecule has 0 aliphatic heterocycles. The lowest BCUT2D eigenvalue weighted by Gasteiger charge is -2.11. The molecular weight excluding hydrogens is 476 g/mol. The van der Waals surface area contributed by atoms with E-state index < -0.39 is 0 Å². The summed E-state index contributed by atoms with van der Waals surface area (Å²) in [6.07, 6.45) is 3.58. The van der Waals surface area contributed by atoms with Crippen LogP contribution in [-0.2, 0) is 31.2 Å². The van der Waals surface area contributed by atoms with E-state index in [9.17, 15) is 4.79 Å². The smallest absolute Gasteiger partial charge is 0.236 e. The van der Waals surface area contributed by atoms with E-state index in [1.165, 1.54) is 39.9 Å². The molecule has 0 aliphatic rings. The number of carbonyl (C=O) groups is 1. The Morgan fingerprint density at radius 1 is 1.09 bits per heavy atom. The molecule has 5 rings (SSSR count). The second kappa shape index (κ2) is 10.5. The number of amides is 1. The number of hydrogen-bond donors (Lipinski definition) is 1. The molecule has 35 heavy (non-hydrogen) atoms. The summed E-state index contributed by atoms with van der Waals surface area (Å²) in [5.74, 6) is 1.03. The van der Waals surface area contributed by atoms with Crippen LogP contribution in [0.5, 0.6) is 0 Å². The van der Waals surface area contributed by atoms with E-state index in [1.54, 1.807) is 0 Å². The fourth-order valence-corrected chi connectivity index (χ4v) is 5.64. The average Bonchev–Trinajstić information content (AvgIpc) is 3.55. The summed E-state index contributed by atoms with van der Waals surface area (Å²) in [6.45, 7) is 2.80. The number of rotatable bonds is 9. The average molecular weight is 503 g/mol. The molecule has 0 saturated heterocycles. The molecule has 0 radical (unpaired) electrons. The van der Waals surface area contributed by atoms with Crippen molar-refractivity contribution >= 4 is 44.4 Å². The van der Waals surface area contributed by atoms with Crippen LogP contribution >= 0.6 is 23.1 Å². The number of fused-ring (bicyclic) bond motifs is 1. The number of benzene rings is 2. The van der Waals surface area contributed by atoms with Crippen LogP contribution in [0, 0.1) is 6.92 Å². The summed E-state index contributed by atoms with van der Waals surface area (Å²) in [5.41, 5.74) is 4.50. The fourth-order valence-electron chi connectivity index (χ4n) is 3.88. The van der Waals surface area contributed by atoms with Crippen molar-refractivity contribution in [3.63, 3.8) is 0 Å². The Hall–Kier alpha value is -3.43. The predicted molar refractivity (Wildman–Crippen MR) is 142 cm³/mol. The molecule has 2 aromatic carbocycles. The van der Waals surface area contributed by atoms with Crippen molar-refractivity contribution in [2.24, 2.45) is 7.05 Å². The van der Waals surface area contributed by atoms with Crippen molar-refractivity contribution in [1.29, 1.82) is 0 Å². The first kappa shape index (κ1) is 23.3. The van der Waals surface area contributed by atoms with Gasteiger partial charge in [-0.25, -0.2) is 4.98 Å². The van der Waals surface area contributed by atoms with Crippen molar-refractivity contribution in [3.8, 4) is 0 Å². The van der Waals surface area contributed by atoms with Gasteiger partial charge >= 0.3 is 0 Å². The Bertz CT molecular complexity index is 1450. The van der Waals surface area contributed by atoms with Gasteiger partial charge in [-0.05, 0) is 48.7 Å². The van der Waals surface area contributed by atoms with Crippen molar-refractivity contribution in [2.75, 3.05) is 11.1 Å². The van der Waals surface area contributed by atoms with Gasteiger partial charge in [0.15, 0.2) is 10.3 Å². The first-order chi connectivity index (χ1) is 17.0. The van der Waals surface area contributed by atoms with Gasteiger partial charge in [-0.15, -0.1) is 10.2 Å². The molecule has 9 heteroatoms. The summed E-state index contributed by atoms with van der Waals surface area (Å²) in [6, 6.07) is 20.6. The second-order valence-corrected chi connectivity index (χ2v) is 10.4. The van der Waals surface area contributed by atoms with E-state index in [4.69, 9.17) is 0 Å². The summed E-state index contributed by atoms with van der Waals surface area (Å²) < 4.78 is 5.30. The molecular formula is C26H26N6OS2. The highest BCUT2D eigenvalue weighted by atomic mass is 32.2. The lowest BCUT2D eigenvalue weighted by molar-refractivity contribution is -0.113. The van der Waals surface area contributed by atoms with Crippen molar-refractivity contribution in [1.82, 2.24) is 24.3 Å². The van der Waals surface area contributed by atoms with Gasteiger partial charge in [0.25, 0.3) is 0 Å². The van der Waals surface area contributed by atoms with Gasteiger partial charge in [0.05, 0.1) is 16.0 Å². The molecule has 1 N–H and O–H groups in total. The predicted octanol–water partition coefficient (Wildman–Crippen LogP) is 5.10. The third kappa shape index (κ3) is 5.63. The third-order valence-corrected chi connectivity index (χ3v) is 7.67. The second-order valence-electron chi connectivity index (χ2n) is 8.40. The molecule has 3 aromatic heterocycles. The van der Waals surface area contributed by atoms with Gasteiger partial charge in [-0.1, -0.05) is 59.5 Å². The largest absolute Gasteiger partial charge is 0.354 e. The van der Waals surface area contributed by atoms with Crippen molar-refractivity contribution < 1.29 is 4.79 Å². The van der Waals surface area contributed by atoms with Gasteiger partial charge in [-0.3, -0.25) is 4.79 Å². The summed E-state index contributed by atoms with van der Waals surface area (Å²) >= 11 is 2.89. The minimum atomic E-state index is -0.104. The number of anilines is 1. The number of carbonyl (C=O) groups excluding carboxylic acids is 1. The highest BCUT2D eigenvalue weighted by molar-refractivity contribution is 7.99. The van der Waals surface area contributed by atoms with Crippen LogP contribution < -0.4 is 5.32 Å². The Morgan fingerprint density at radius 3 is 2.74 bits per heavy atom. The lowest BCUT2D eigenvalue weighted by Crippen LogP contribution is -2.15. The number of aryl methyl sites for hydroxylation is 3. The van der Waals surface area contributed by atoms with E-state index in [2.05, 4.69) is 66.0 Å². The maximum Gasteiger partial charge on any atom is 0.236 e. The maximum atomic E-state index is 12.7. The molecule has 5 aromatic rings. The minimum absolute atomic E-state index is 0.104. The number of hydrogen-bond acceptors (Lipinski definition) is 6. The Labute approximate surface area is 212 Å². The first-order valence-corrected chi connectivity index (χ1v) is 13.2. The highest BCUT2D eigenvalue weighted by Gasteiger charge is 2.16. The van der Waals surface area contributed by atoms with E-state index in [1.807, 2.05) is 44.4 Å². The van der Waals surface area contributed by atoms with E-state index in [0.717, 1.165) is 34.2 Å². The standard InChI is InChI=1S/C26H26N6OS2/c1-18-10-11-21-22(15-18)35-25(27-21)28-24(33)17-34-26-30-29-23(16-20-9-6-13-31(20)2)32(26)14-12-19-7-4-3-5-8-19/h3-11,13,15H,12,14,16-17H2,1-2H3,(H,27,28,33). The molecule has 0 spiro atoms. The molecule has 0 unspecified atom stereocenters. The molecule has 0 bridgehead atoms. The minimum Gasteiger partial charge on any atom is -0.354 e. The molecule has 0 atom stereocenters. The van der Waals surface area contributed by atoms with Crippen LogP contribution in [-0.4, -0.2) is 36.0 Å². The number of nitrogens with zero attached hydrogens (tertiary/aromatic N) is 5. The monoisotopic (exact) mass is 502 g/mol. The van der Waals surface area contributed by atoms with E-state index >= 15 is 0 Å². The molecule has 0 fully saturated rings. The lowest BCUT2D eigenvalue weighted by atomic mass is 10.1. The van der Waals surface area contributed by atoms with Gasteiger partial charge < -0.3 is 14.5 Å². The number of thioether (sulfide) groups is 1. The van der Waals surface area contributed by atoms with Crippen molar-refractivity contribution in [3.05, 3.63) is 89.5 Å². The summed E-state index contributed by atoms with van der Waals surface area (Å²) in [5, 5.41) is 13.2. The SMILES string of the molecule is Cc1ccc2nc(NC(=O)CSc3nnc(Cc4cccn4C)n3CCc3ccccc3)sc2c1. The Balaban J connectivity index is 1.29. The molecule has 178 valence electrons. The van der Waals surface area contributed by atoms with Crippen LogP contribution in [0.3, 0.4) is 0 Å². The van der Waals surface area contributed by atoms with E-state index in [-0.39, 0.29) is 11.7 Å². The zero-order valence-electron chi connectivity index (χ0n) is 19.6. The van der Waals surface area contributed by atoms with Gasteiger partial charge in [0.1, 0.15) is 5.82 Å². The summed E-state index contributed by atoms with van der Waals surface area (Å²) in [4.78, 5) is 17.2. The Morgan fingerprint density at radius 2 is 1.94 bits per heavy atom. The quantitative estimate of drug-likeness (QED) is 0.284. The summed E-state index contributed by atoms with van der Waals surface area (Å²) in [7, 11) is 2.03. The molecule has 7 nitrogen and oxygen atoms in total. The highest BCUT2D eigenvalue weighted by Crippen LogP contribution is 2.27. The molecule has 0 saturated carbocycles. The van der Waals surface area contributed by atoms with Crippen molar-refractivity contribution in [2.45, 2.75) is 31.5 Å². The Kier molecular flexibility index (Phi) is 6.96. The van der Waals surface area contributed by atoms with Crippen LogP contribution in [0.2, 0.25) is 0 Å². The van der Waals surface area contributed by atoms with Gasteiger partial charge in [0, 0.05) is 31.9 Å². The molecule has 1 amide bonds. The van der Waals surface area contributed by atoms with Gasteiger partial charge in [0.2, 0.25) is 5.91 Å².